The van der Waals surface area contributed by atoms with Gasteiger partial charge in [-0.05, 0) is 12.1 Å². The maximum absolute atomic E-state index is 13.0. The Morgan fingerprint density at radius 2 is 2.00 bits per heavy atom. The highest BCUT2D eigenvalue weighted by molar-refractivity contribution is 5.97. The van der Waals surface area contributed by atoms with E-state index < -0.39 is 0 Å². The first-order valence-corrected chi connectivity index (χ1v) is 8.56. The van der Waals surface area contributed by atoms with Crippen LogP contribution in [0.15, 0.2) is 36.7 Å². The lowest BCUT2D eigenvalue weighted by atomic mass is 10.1. The van der Waals surface area contributed by atoms with Gasteiger partial charge in [0, 0.05) is 58.1 Å². The second-order valence-corrected chi connectivity index (χ2v) is 6.14. The first-order chi connectivity index (χ1) is 12.2. The fraction of sp³-hybridized carbons (Fsp3) is 0.444. The van der Waals surface area contributed by atoms with Gasteiger partial charge in [-0.25, -0.2) is 4.68 Å². The quantitative estimate of drug-likeness (QED) is 0.837. The Bertz CT molecular complexity index is 707. The molecule has 1 aromatic heterocycles. The van der Waals surface area contributed by atoms with Gasteiger partial charge in [0.1, 0.15) is 0 Å². The number of hydrogen-bond acceptors (Lipinski definition) is 5. The third-order valence-corrected chi connectivity index (χ3v) is 4.52. The maximum atomic E-state index is 13.0. The van der Waals surface area contributed by atoms with Crippen molar-refractivity contribution in [3.05, 3.63) is 47.8 Å². The summed E-state index contributed by atoms with van der Waals surface area (Å²) >= 11 is 0. The molecule has 0 radical (unpaired) electrons. The Balaban J connectivity index is 1.73. The van der Waals surface area contributed by atoms with E-state index in [1.54, 1.807) is 18.0 Å². The van der Waals surface area contributed by atoms with Gasteiger partial charge >= 0.3 is 0 Å². The van der Waals surface area contributed by atoms with Crippen LogP contribution in [-0.4, -0.2) is 71.9 Å². The molecule has 3 rings (SSSR count). The first-order valence-electron chi connectivity index (χ1n) is 8.56. The van der Waals surface area contributed by atoms with Crippen molar-refractivity contribution in [2.75, 3.05) is 46.4 Å². The predicted octanol–water partition coefficient (Wildman–Crippen LogP) is 0.735. The van der Waals surface area contributed by atoms with Crippen molar-refractivity contribution < 1.29 is 9.53 Å². The second-order valence-electron chi connectivity index (χ2n) is 6.14. The van der Waals surface area contributed by atoms with Crippen LogP contribution in [0.2, 0.25) is 0 Å². The van der Waals surface area contributed by atoms with Gasteiger partial charge in [0.15, 0.2) is 0 Å². The Morgan fingerprint density at radius 3 is 2.68 bits per heavy atom. The Hall–Kier alpha value is -2.22. The summed E-state index contributed by atoms with van der Waals surface area (Å²) in [5.74, 6) is 0.0480. The molecular weight excluding hydrogens is 318 g/mol. The number of carbonyl (C=O) groups is 1. The number of para-hydroxylation sites is 1. The van der Waals surface area contributed by atoms with Crippen molar-refractivity contribution in [1.29, 1.82) is 0 Å². The Morgan fingerprint density at radius 1 is 1.24 bits per heavy atom. The molecule has 134 valence electrons. The smallest absolute Gasteiger partial charge is 0.256 e. The number of amides is 1. The zero-order chi connectivity index (χ0) is 17.6. The van der Waals surface area contributed by atoms with E-state index in [9.17, 15) is 4.79 Å². The largest absolute Gasteiger partial charge is 0.383 e. The van der Waals surface area contributed by atoms with Crippen molar-refractivity contribution >= 4 is 5.91 Å². The van der Waals surface area contributed by atoms with Crippen molar-refractivity contribution in [2.24, 2.45) is 5.73 Å². The fourth-order valence-corrected chi connectivity index (χ4v) is 3.02. The van der Waals surface area contributed by atoms with E-state index in [2.05, 4.69) is 10.00 Å². The van der Waals surface area contributed by atoms with E-state index in [1.807, 2.05) is 35.4 Å². The standard InChI is InChI=1S/C18H25N5O2/c1-25-11-10-21-6-8-22(9-7-21)18(24)16-4-2-3-5-17(16)23-14-15(12-19)13-20-23/h2-5,13-14H,6-12,19H2,1H3. The van der Waals surface area contributed by atoms with Crippen LogP contribution in [0.3, 0.4) is 0 Å². The van der Waals surface area contributed by atoms with Crippen LogP contribution in [0.4, 0.5) is 0 Å². The molecule has 1 aliphatic heterocycles. The number of benzene rings is 1. The third-order valence-electron chi connectivity index (χ3n) is 4.52. The third kappa shape index (κ3) is 4.07. The molecule has 1 amide bonds. The fourth-order valence-electron chi connectivity index (χ4n) is 3.02. The average Bonchev–Trinajstić information content (AvgIpc) is 3.15. The molecule has 0 saturated carbocycles. The van der Waals surface area contributed by atoms with E-state index in [-0.39, 0.29) is 5.91 Å². The molecule has 0 unspecified atom stereocenters. The number of nitrogens with two attached hydrogens (primary N) is 1. The van der Waals surface area contributed by atoms with Gasteiger partial charge in [0.2, 0.25) is 0 Å². The molecule has 2 heterocycles. The number of rotatable bonds is 6. The lowest BCUT2D eigenvalue weighted by Crippen LogP contribution is -2.49. The monoisotopic (exact) mass is 343 g/mol. The molecule has 2 aromatic rings. The minimum atomic E-state index is 0.0480. The molecular formula is C18H25N5O2. The summed E-state index contributed by atoms with van der Waals surface area (Å²) in [6, 6.07) is 7.58. The van der Waals surface area contributed by atoms with Crippen LogP contribution in [0.5, 0.6) is 0 Å². The van der Waals surface area contributed by atoms with Gasteiger partial charge in [-0.2, -0.15) is 5.10 Å². The molecule has 0 bridgehead atoms. The number of nitrogens with zero attached hydrogens (tertiary/aromatic N) is 4. The number of aromatic nitrogens is 2. The summed E-state index contributed by atoms with van der Waals surface area (Å²) in [6.45, 7) is 5.25. The number of carbonyl (C=O) groups excluding carboxylic acids is 1. The highest BCUT2D eigenvalue weighted by Gasteiger charge is 2.24. The van der Waals surface area contributed by atoms with E-state index in [4.69, 9.17) is 10.5 Å². The van der Waals surface area contributed by atoms with Crippen LogP contribution < -0.4 is 5.73 Å². The van der Waals surface area contributed by atoms with E-state index in [0.717, 1.165) is 50.6 Å². The summed E-state index contributed by atoms with van der Waals surface area (Å²) in [5, 5.41) is 4.34. The van der Waals surface area contributed by atoms with E-state index in [1.165, 1.54) is 0 Å². The summed E-state index contributed by atoms with van der Waals surface area (Å²) < 4.78 is 6.85. The number of hydrogen-bond donors (Lipinski definition) is 1. The molecule has 1 aliphatic rings. The van der Waals surface area contributed by atoms with Gasteiger partial charge in [-0.15, -0.1) is 0 Å². The van der Waals surface area contributed by atoms with Crippen molar-refractivity contribution in [3.63, 3.8) is 0 Å². The van der Waals surface area contributed by atoms with Gasteiger partial charge in [-0.3, -0.25) is 9.69 Å². The van der Waals surface area contributed by atoms with E-state index in [0.29, 0.717) is 12.1 Å². The van der Waals surface area contributed by atoms with Crippen molar-refractivity contribution in [3.8, 4) is 5.69 Å². The predicted molar refractivity (Wildman–Crippen MR) is 95.7 cm³/mol. The zero-order valence-electron chi connectivity index (χ0n) is 14.6. The summed E-state index contributed by atoms with van der Waals surface area (Å²) in [4.78, 5) is 17.2. The topological polar surface area (TPSA) is 76.6 Å². The van der Waals surface area contributed by atoms with Crippen LogP contribution in [0.1, 0.15) is 15.9 Å². The number of piperazine rings is 1. The highest BCUT2D eigenvalue weighted by Crippen LogP contribution is 2.18. The molecule has 1 aromatic carbocycles. The minimum absolute atomic E-state index is 0.0480. The first kappa shape index (κ1) is 17.6. The summed E-state index contributed by atoms with van der Waals surface area (Å²) in [7, 11) is 1.71. The Kier molecular flexibility index (Phi) is 5.80. The molecule has 7 heteroatoms. The lowest BCUT2D eigenvalue weighted by Gasteiger charge is -2.34. The zero-order valence-corrected chi connectivity index (χ0v) is 14.6. The van der Waals surface area contributed by atoms with Crippen molar-refractivity contribution in [1.82, 2.24) is 19.6 Å². The lowest BCUT2D eigenvalue weighted by molar-refractivity contribution is 0.0594. The molecule has 25 heavy (non-hydrogen) atoms. The van der Waals surface area contributed by atoms with Gasteiger partial charge < -0.3 is 15.4 Å². The van der Waals surface area contributed by atoms with E-state index >= 15 is 0 Å². The highest BCUT2D eigenvalue weighted by atomic mass is 16.5. The minimum Gasteiger partial charge on any atom is -0.383 e. The molecule has 0 atom stereocenters. The second kappa shape index (κ2) is 8.24. The van der Waals surface area contributed by atoms with Crippen LogP contribution in [0, 0.1) is 0 Å². The molecule has 1 saturated heterocycles. The van der Waals surface area contributed by atoms with Crippen molar-refractivity contribution in [2.45, 2.75) is 6.54 Å². The molecule has 2 N–H and O–H groups in total. The van der Waals surface area contributed by atoms with Gasteiger partial charge in [0.25, 0.3) is 5.91 Å². The van der Waals surface area contributed by atoms with Crippen LogP contribution in [0.25, 0.3) is 5.69 Å². The van der Waals surface area contributed by atoms with Crippen LogP contribution in [-0.2, 0) is 11.3 Å². The number of methoxy groups -OCH3 is 1. The summed E-state index contributed by atoms with van der Waals surface area (Å²) in [6.07, 6.45) is 3.60. The molecule has 0 spiro atoms. The maximum Gasteiger partial charge on any atom is 0.256 e. The van der Waals surface area contributed by atoms with Gasteiger partial charge in [-0.1, -0.05) is 12.1 Å². The molecule has 0 aliphatic carbocycles. The van der Waals surface area contributed by atoms with Crippen LogP contribution >= 0.6 is 0 Å². The number of ether oxygens (including phenoxy) is 1. The molecule has 1 fully saturated rings. The Labute approximate surface area is 148 Å². The van der Waals surface area contributed by atoms with Gasteiger partial charge in [0.05, 0.1) is 24.1 Å². The molecule has 7 nitrogen and oxygen atoms in total. The summed E-state index contributed by atoms with van der Waals surface area (Å²) in [5.41, 5.74) is 8.05. The SMILES string of the molecule is COCCN1CCN(C(=O)c2ccccc2-n2cc(CN)cn2)CC1. The normalized spacial score (nSPS) is 15.5. The average molecular weight is 343 g/mol.